The quantitative estimate of drug-likeness (QED) is 0.455. The highest BCUT2D eigenvalue weighted by Gasteiger charge is 2.07. The maximum atomic E-state index is 10.2. The topological polar surface area (TPSA) is 89.5 Å². The van der Waals surface area contributed by atoms with Crippen LogP contribution in [0.4, 0.5) is 0 Å². The molecule has 80 valence electrons. The molecule has 1 unspecified atom stereocenters. The van der Waals surface area contributed by atoms with Gasteiger partial charge in [0.25, 0.3) is 0 Å². The Balaban J connectivity index is 3.58. The number of rotatable bonds is 6. The van der Waals surface area contributed by atoms with Crippen LogP contribution in [-0.2, 0) is 10.1 Å². The molecule has 0 fully saturated rings. The first-order valence-corrected chi connectivity index (χ1v) is 5.74. The summed E-state index contributed by atoms with van der Waals surface area (Å²) in [6.45, 7) is 4.53. The van der Waals surface area contributed by atoms with E-state index in [1.54, 1.807) is 0 Å². The molecule has 0 aliphatic carbocycles. The Bertz CT molecular complexity index is 225. The molecule has 0 saturated heterocycles. The van der Waals surface area contributed by atoms with E-state index in [-0.39, 0.29) is 0 Å². The van der Waals surface area contributed by atoms with Gasteiger partial charge < -0.3 is 9.66 Å². The van der Waals surface area contributed by atoms with Crippen molar-refractivity contribution in [2.24, 2.45) is 5.92 Å². The summed E-state index contributed by atoms with van der Waals surface area (Å²) < 4.78 is 30.5. The fraction of sp³-hybridized carbons (Fsp3) is 1.00. The largest absolute Gasteiger partial charge is 0.748 e. The van der Waals surface area contributed by atoms with Gasteiger partial charge in [-0.1, -0.05) is 13.8 Å². The standard InChI is InChI=1S/C7H17NO4S/c1-6(2)3-4-8-7(9)5-13(10,11)12/h6-9H,3-5H2,1-2H3,(H,10,11,12)/p-1. The van der Waals surface area contributed by atoms with E-state index in [0.717, 1.165) is 6.42 Å². The van der Waals surface area contributed by atoms with Crippen LogP contribution in [-0.4, -0.2) is 36.6 Å². The molecule has 2 N–H and O–H groups in total. The smallest absolute Gasteiger partial charge is 0.117 e. The zero-order chi connectivity index (χ0) is 10.5. The van der Waals surface area contributed by atoms with E-state index in [2.05, 4.69) is 5.32 Å². The number of aliphatic hydroxyl groups is 1. The van der Waals surface area contributed by atoms with E-state index in [1.807, 2.05) is 13.8 Å². The minimum Gasteiger partial charge on any atom is -0.748 e. The second kappa shape index (κ2) is 5.54. The van der Waals surface area contributed by atoms with Crippen LogP contribution in [0.15, 0.2) is 0 Å². The van der Waals surface area contributed by atoms with Gasteiger partial charge in [0.1, 0.15) is 6.23 Å². The summed E-state index contributed by atoms with van der Waals surface area (Å²) in [5, 5.41) is 11.6. The first kappa shape index (κ1) is 12.8. The summed E-state index contributed by atoms with van der Waals surface area (Å²) in [4.78, 5) is 0. The van der Waals surface area contributed by atoms with Crippen LogP contribution >= 0.6 is 0 Å². The van der Waals surface area contributed by atoms with Crippen molar-refractivity contribution >= 4 is 10.1 Å². The highest BCUT2D eigenvalue weighted by Crippen LogP contribution is 1.97. The van der Waals surface area contributed by atoms with E-state index in [4.69, 9.17) is 5.11 Å². The Morgan fingerprint density at radius 1 is 1.46 bits per heavy atom. The molecule has 0 heterocycles. The maximum Gasteiger partial charge on any atom is 0.117 e. The lowest BCUT2D eigenvalue weighted by molar-refractivity contribution is 0.155. The van der Waals surface area contributed by atoms with Crippen LogP contribution in [0.25, 0.3) is 0 Å². The van der Waals surface area contributed by atoms with E-state index in [0.29, 0.717) is 12.5 Å². The predicted octanol–water partition coefficient (Wildman–Crippen LogP) is -0.514. The van der Waals surface area contributed by atoms with Gasteiger partial charge in [0.05, 0.1) is 15.9 Å². The van der Waals surface area contributed by atoms with Gasteiger partial charge in [-0.3, -0.25) is 5.32 Å². The molecule has 0 aromatic rings. The summed E-state index contributed by atoms with van der Waals surface area (Å²) in [6.07, 6.45) is -0.420. The average Bonchev–Trinajstić information content (AvgIpc) is 1.81. The molecule has 6 heteroatoms. The molecule has 0 rings (SSSR count). The first-order chi connectivity index (χ1) is 5.81. The zero-order valence-electron chi connectivity index (χ0n) is 7.86. The van der Waals surface area contributed by atoms with Crippen molar-refractivity contribution in [3.8, 4) is 0 Å². The summed E-state index contributed by atoms with van der Waals surface area (Å²) in [5.41, 5.74) is 0. The van der Waals surface area contributed by atoms with Gasteiger partial charge in [0, 0.05) is 0 Å². The maximum absolute atomic E-state index is 10.2. The van der Waals surface area contributed by atoms with Gasteiger partial charge >= 0.3 is 0 Å². The molecule has 0 aliphatic rings. The molecule has 0 bridgehead atoms. The third-order valence-corrected chi connectivity index (χ3v) is 2.19. The Hall–Kier alpha value is -0.170. The molecule has 13 heavy (non-hydrogen) atoms. The molecule has 0 aromatic heterocycles. The lowest BCUT2D eigenvalue weighted by atomic mass is 10.1. The number of hydrogen-bond acceptors (Lipinski definition) is 5. The van der Waals surface area contributed by atoms with Crippen LogP contribution in [0.2, 0.25) is 0 Å². The van der Waals surface area contributed by atoms with Crippen molar-refractivity contribution in [1.82, 2.24) is 5.32 Å². The average molecular weight is 210 g/mol. The fourth-order valence-corrected chi connectivity index (χ4v) is 1.30. The molecular formula is C7H16NO4S-. The minimum absolute atomic E-state index is 0.476. The molecule has 0 spiro atoms. The molecule has 0 aliphatic heterocycles. The minimum atomic E-state index is -4.34. The second-order valence-electron chi connectivity index (χ2n) is 3.38. The lowest BCUT2D eigenvalue weighted by Gasteiger charge is -2.15. The molecule has 0 aromatic carbocycles. The van der Waals surface area contributed by atoms with E-state index < -0.39 is 22.1 Å². The van der Waals surface area contributed by atoms with Gasteiger partial charge in [-0.25, -0.2) is 8.42 Å². The van der Waals surface area contributed by atoms with Crippen molar-refractivity contribution in [3.63, 3.8) is 0 Å². The Morgan fingerprint density at radius 3 is 2.38 bits per heavy atom. The van der Waals surface area contributed by atoms with Crippen LogP contribution in [0, 0.1) is 5.92 Å². The van der Waals surface area contributed by atoms with Gasteiger partial charge in [-0.2, -0.15) is 0 Å². The Morgan fingerprint density at radius 2 is 2.00 bits per heavy atom. The van der Waals surface area contributed by atoms with Crippen LogP contribution in [0.5, 0.6) is 0 Å². The van der Waals surface area contributed by atoms with Crippen LogP contribution in [0.3, 0.4) is 0 Å². The molecular weight excluding hydrogens is 194 g/mol. The SMILES string of the molecule is CC(C)CCNC(O)CS(=O)(=O)[O-]. The molecule has 1 atom stereocenters. The van der Waals surface area contributed by atoms with Gasteiger partial charge in [0.2, 0.25) is 0 Å². The van der Waals surface area contributed by atoms with Crippen molar-refractivity contribution in [1.29, 1.82) is 0 Å². The van der Waals surface area contributed by atoms with E-state index in [9.17, 15) is 13.0 Å². The normalized spacial score (nSPS) is 14.8. The van der Waals surface area contributed by atoms with Crippen molar-refractivity contribution in [3.05, 3.63) is 0 Å². The predicted molar refractivity (Wildman–Crippen MR) is 48.0 cm³/mol. The Kier molecular flexibility index (Phi) is 5.46. The van der Waals surface area contributed by atoms with Gasteiger partial charge in [0.15, 0.2) is 0 Å². The van der Waals surface area contributed by atoms with Crippen LogP contribution < -0.4 is 5.32 Å². The van der Waals surface area contributed by atoms with Gasteiger partial charge in [-0.15, -0.1) is 0 Å². The summed E-state index contributed by atoms with van der Waals surface area (Å²) in [7, 11) is -4.34. The summed E-state index contributed by atoms with van der Waals surface area (Å²) in [6, 6.07) is 0. The zero-order valence-corrected chi connectivity index (χ0v) is 8.67. The number of aliphatic hydroxyl groups excluding tert-OH is 1. The van der Waals surface area contributed by atoms with Gasteiger partial charge in [-0.05, 0) is 18.9 Å². The van der Waals surface area contributed by atoms with Crippen LogP contribution in [0.1, 0.15) is 20.3 Å². The summed E-state index contributed by atoms with van der Waals surface area (Å²) >= 11 is 0. The highest BCUT2D eigenvalue weighted by molar-refractivity contribution is 7.85. The Labute approximate surface area is 78.9 Å². The molecule has 0 amide bonds. The van der Waals surface area contributed by atoms with Crippen molar-refractivity contribution in [2.45, 2.75) is 26.5 Å². The van der Waals surface area contributed by atoms with E-state index >= 15 is 0 Å². The highest BCUT2D eigenvalue weighted by atomic mass is 32.2. The molecule has 0 saturated carbocycles. The first-order valence-electron chi connectivity index (χ1n) is 4.16. The fourth-order valence-electron chi connectivity index (χ4n) is 0.791. The van der Waals surface area contributed by atoms with Crippen molar-refractivity contribution < 1.29 is 18.1 Å². The molecule has 0 radical (unpaired) electrons. The van der Waals surface area contributed by atoms with E-state index in [1.165, 1.54) is 0 Å². The third-order valence-electron chi connectivity index (χ3n) is 1.46. The second-order valence-corrected chi connectivity index (χ2v) is 4.83. The lowest BCUT2D eigenvalue weighted by Crippen LogP contribution is -2.36. The monoisotopic (exact) mass is 210 g/mol. The summed E-state index contributed by atoms with van der Waals surface area (Å²) in [5.74, 6) is -0.297. The molecule has 5 nitrogen and oxygen atoms in total. The third kappa shape index (κ3) is 9.75. The number of hydrogen-bond donors (Lipinski definition) is 2. The number of nitrogens with one attached hydrogen (secondary N) is 1. The van der Waals surface area contributed by atoms with Crippen molar-refractivity contribution in [2.75, 3.05) is 12.3 Å².